The number of hydrogen-bond acceptors (Lipinski definition) is 0. The van der Waals surface area contributed by atoms with Crippen LogP contribution in [0.3, 0.4) is 0 Å². The normalized spacial score (nSPS) is 13.2. The summed E-state index contributed by atoms with van der Waals surface area (Å²) in [5.74, 6) is 0. The molecule has 0 aliphatic heterocycles. The number of hydrogen-bond donors (Lipinski definition) is 0. The van der Waals surface area contributed by atoms with Crippen LogP contribution in [0.2, 0.25) is 0 Å². The maximum absolute atomic E-state index is 3.49. The third kappa shape index (κ3) is 11.1. The molecule has 0 radical (unpaired) electrons. The topological polar surface area (TPSA) is 0 Å². The minimum absolute atomic E-state index is 0.892. The van der Waals surface area contributed by atoms with Crippen molar-refractivity contribution in [1.82, 2.24) is 0 Å². The maximum atomic E-state index is 3.49. The molecule has 0 nitrogen and oxygen atoms in total. The van der Waals surface area contributed by atoms with Crippen LogP contribution in [0.5, 0.6) is 0 Å². The molecule has 0 spiro atoms. The first kappa shape index (κ1) is 14.2. The van der Waals surface area contributed by atoms with Crippen molar-refractivity contribution in [3.8, 4) is 0 Å². The minimum Gasteiger partial charge on any atom is -0.0928 e. The summed E-state index contributed by atoms with van der Waals surface area (Å²) in [6, 6.07) is 0. The molecule has 2 heteroatoms. The molecule has 1 unspecified atom stereocenters. The highest BCUT2D eigenvalue weighted by Crippen LogP contribution is 2.17. The van der Waals surface area contributed by atoms with Crippen LogP contribution in [0, 0.1) is 0 Å². The Bertz CT molecular complexity index is 96.1. The predicted octanol–water partition coefficient (Wildman–Crippen LogP) is 5.33. The van der Waals surface area contributed by atoms with Crippen LogP contribution < -0.4 is 0 Å². The van der Waals surface area contributed by atoms with Crippen LogP contribution >= 0.6 is 38.5 Å². The van der Waals surface area contributed by atoms with Crippen molar-refractivity contribution < 1.29 is 0 Å². The zero-order valence-electron chi connectivity index (χ0n) is 8.70. The second-order valence-corrected chi connectivity index (χ2v) is 6.19. The quantitative estimate of drug-likeness (QED) is 0.296. The van der Waals surface area contributed by atoms with Gasteiger partial charge in [-0.05, 0) is 12.8 Å². The van der Waals surface area contributed by atoms with Crippen molar-refractivity contribution in [3.05, 3.63) is 0 Å². The van der Waals surface area contributed by atoms with Crippen molar-refractivity contribution in [3.63, 3.8) is 0 Å². The van der Waals surface area contributed by atoms with E-state index in [1.54, 1.807) is 0 Å². The predicted molar refractivity (Wildman–Crippen MR) is 74.2 cm³/mol. The Morgan fingerprint density at radius 1 is 1.00 bits per heavy atom. The second kappa shape index (κ2) is 11.3. The van der Waals surface area contributed by atoms with Gasteiger partial charge in [0.05, 0.1) is 0 Å². The van der Waals surface area contributed by atoms with Gasteiger partial charge < -0.3 is 0 Å². The fourth-order valence-electron chi connectivity index (χ4n) is 1.41. The molecule has 0 aliphatic carbocycles. The van der Waals surface area contributed by atoms with Gasteiger partial charge in [0.2, 0.25) is 0 Å². The lowest BCUT2D eigenvalue weighted by atomic mass is 10.1. The number of alkyl halides is 2. The molecule has 0 rings (SSSR count). The average Bonchev–Trinajstić information content (AvgIpc) is 2.11. The molecule has 0 aromatic rings. The van der Waals surface area contributed by atoms with Gasteiger partial charge in [0.25, 0.3) is 0 Å². The van der Waals surface area contributed by atoms with Gasteiger partial charge in [0.1, 0.15) is 0 Å². The largest absolute Gasteiger partial charge is 0.0928 e. The van der Waals surface area contributed by atoms with Crippen LogP contribution in [-0.2, 0) is 0 Å². The van der Waals surface area contributed by atoms with Gasteiger partial charge in [0, 0.05) is 9.25 Å². The SMILES string of the molecule is CCCCCCCCC(I)CCBr. The van der Waals surface area contributed by atoms with Gasteiger partial charge in [-0.25, -0.2) is 0 Å². The van der Waals surface area contributed by atoms with Crippen LogP contribution in [0.25, 0.3) is 0 Å². The molecule has 13 heavy (non-hydrogen) atoms. The van der Waals surface area contributed by atoms with Gasteiger partial charge in [0.15, 0.2) is 0 Å². The summed E-state index contributed by atoms with van der Waals surface area (Å²) in [6.45, 7) is 2.27. The Kier molecular flexibility index (Phi) is 12.3. The molecule has 0 amide bonds. The van der Waals surface area contributed by atoms with Crippen molar-refractivity contribution in [2.24, 2.45) is 0 Å². The monoisotopic (exact) mass is 360 g/mol. The highest BCUT2D eigenvalue weighted by atomic mass is 127. The third-order valence-corrected chi connectivity index (χ3v) is 4.00. The smallest absolute Gasteiger partial charge is 0.0118 e. The highest BCUT2D eigenvalue weighted by molar-refractivity contribution is 14.1. The van der Waals surface area contributed by atoms with E-state index in [-0.39, 0.29) is 0 Å². The summed E-state index contributed by atoms with van der Waals surface area (Å²) in [6.07, 6.45) is 11.3. The molecule has 0 saturated carbocycles. The van der Waals surface area contributed by atoms with E-state index in [4.69, 9.17) is 0 Å². The number of unbranched alkanes of at least 4 members (excludes halogenated alkanes) is 5. The molecule has 0 aromatic heterocycles. The third-order valence-electron chi connectivity index (χ3n) is 2.29. The molecule has 0 heterocycles. The fourth-order valence-corrected chi connectivity index (χ4v) is 3.57. The van der Waals surface area contributed by atoms with Gasteiger partial charge in [-0.3, -0.25) is 0 Å². The Morgan fingerprint density at radius 3 is 2.23 bits per heavy atom. The lowest BCUT2D eigenvalue weighted by molar-refractivity contribution is 0.584. The van der Waals surface area contributed by atoms with Crippen molar-refractivity contribution in [1.29, 1.82) is 0 Å². The van der Waals surface area contributed by atoms with E-state index in [9.17, 15) is 0 Å². The van der Waals surface area contributed by atoms with E-state index < -0.39 is 0 Å². The molecule has 0 bridgehead atoms. The summed E-state index contributed by atoms with van der Waals surface area (Å²) < 4.78 is 0.892. The second-order valence-electron chi connectivity index (χ2n) is 3.63. The fraction of sp³-hybridized carbons (Fsp3) is 1.00. The first-order chi connectivity index (χ1) is 6.31. The van der Waals surface area contributed by atoms with E-state index in [2.05, 4.69) is 45.4 Å². The van der Waals surface area contributed by atoms with Gasteiger partial charge in [-0.2, -0.15) is 0 Å². The van der Waals surface area contributed by atoms with Crippen LogP contribution in [0.4, 0.5) is 0 Å². The molecule has 0 aromatic carbocycles. The van der Waals surface area contributed by atoms with Gasteiger partial charge >= 0.3 is 0 Å². The molecule has 1 atom stereocenters. The van der Waals surface area contributed by atoms with Crippen LogP contribution in [0.1, 0.15) is 58.3 Å². The molecular formula is C11H22BrI. The standard InChI is InChI=1S/C11H22BrI/c1-2-3-4-5-6-7-8-11(13)9-10-12/h11H,2-10H2,1H3. The summed E-state index contributed by atoms with van der Waals surface area (Å²) in [4.78, 5) is 0. The van der Waals surface area contributed by atoms with Gasteiger partial charge in [-0.1, -0.05) is 84.0 Å². The highest BCUT2D eigenvalue weighted by Gasteiger charge is 2.01. The van der Waals surface area contributed by atoms with Gasteiger partial charge in [-0.15, -0.1) is 0 Å². The van der Waals surface area contributed by atoms with E-state index >= 15 is 0 Å². The van der Waals surface area contributed by atoms with E-state index in [1.807, 2.05) is 0 Å². The van der Waals surface area contributed by atoms with Crippen molar-refractivity contribution in [2.75, 3.05) is 5.33 Å². The van der Waals surface area contributed by atoms with Crippen LogP contribution in [0.15, 0.2) is 0 Å². The lowest BCUT2D eigenvalue weighted by Gasteiger charge is -2.06. The summed E-state index contributed by atoms with van der Waals surface area (Å²) in [5.41, 5.74) is 0. The van der Waals surface area contributed by atoms with E-state index in [1.165, 1.54) is 51.4 Å². The van der Waals surface area contributed by atoms with Crippen LogP contribution in [-0.4, -0.2) is 9.25 Å². The Hall–Kier alpha value is 1.21. The van der Waals surface area contributed by atoms with Crippen molar-refractivity contribution in [2.45, 2.75) is 62.2 Å². The molecule has 80 valence electrons. The average molecular weight is 361 g/mol. The molecule has 0 N–H and O–H groups in total. The minimum atomic E-state index is 0.892. The zero-order valence-corrected chi connectivity index (χ0v) is 12.4. The summed E-state index contributed by atoms with van der Waals surface area (Å²) >= 11 is 6.07. The first-order valence-electron chi connectivity index (χ1n) is 5.51. The van der Waals surface area contributed by atoms with E-state index in [0.717, 1.165) is 9.25 Å². The number of halogens is 2. The first-order valence-corrected chi connectivity index (χ1v) is 7.88. The Morgan fingerprint density at radius 2 is 1.62 bits per heavy atom. The Balaban J connectivity index is 2.97. The maximum Gasteiger partial charge on any atom is 0.0118 e. The molecular weight excluding hydrogens is 339 g/mol. The van der Waals surface area contributed by atoms with E-state index in [0.29, 0.717) is 0 Å². The lowest BCUT2D eigenvalue weighted by Crippen LogP contribution is -1.97. The zero-order chi connectivity index (χ0) is 9.94. The molecule has 0 aliphatic rings. The summed E-state index contributed by atoms with van der Waals surface area (Å²) in [7, 11) is 0. The molecule has 0 saturated heterocycles. The molecule has 0 fully saturated rings. The Labute approximate surface area is 106 Å². The number of rotatable bonds is 9. The summed E-state index contributed by atoms with van der Waals surface area (Å²) in [5, 5.41) is 1.16. The van der Waals surface area contributed by atoms with Crippen molar-refractivity contribution >= 4 is 38.5 Å².